The number of hydrogen-bond donors (Lipinski definition) is 0. The van der Waals surface area contributed by atoms with E-state index in [0.29, 0.717) is 29.9 Å². The Morgan fingerprint density at radius 2 is 1.87 bits per heavy atom. The third-order valence-electron chi connectivity index (χ3n) is 5.39. The molecule has 0 radical (unpaired) electrons. The van der Waals surface area contributed by atoms with Gasteiger partial charge in [0.05, 0.1) is 12.0 Å². The van der Waals surface area contributed by atoms with Crippen LogP contribution in [0, 0.1) is 0 Å². The Bertz CT molecular complexity index is 1070. The smallest absolute Gasteiger partial charge is 0.237 e. The molecule has 1 saturated carbocycles. The molecule has 7 nitrogen and oxygen atoms in total. The van der Waals surface area contributed by atoms with Gasteiger partial charge in [0.2, 0.25) is 11.7 Å². The summed E-state index contributed by atoms with van der Waals surface area (Å²) in [5, 5.41) is 13.9. The lowest BCUT2D eigenvalue weighted by Gasteiger charge is -2.25. The summed E-state index contributed by atoms with van der Waals surface area (Å²) >= 11 is 1.58. The van der Waals surface area contributed by atoms with Crippen LogP contribution in [-0.2, 0) is 12.2 Å². The molecular weight excluding hydrogens is 398 g/mol. The highest BCUT2D eigenvalue weighted by atomic mass is 32.2. The van der Waals surface area contributed by atoms with E-state index in [1.165, 1.54) is 19.3 Å². The molecule has 8 heteroatoms. The van der Waals surface area contributed by atoms with Gasteiger partial charge >= 0.3 is 0 Å². The van der Waals surface area contributed by atoms with Crippen LogP contribution in [0.15, 0.2) is 62.8 Å². The molecule has 0 spiro atoms. The zero-order chi connectivity index (χ0) is 20.2. The summed E-state index contributed by atoms with van der Waals surface area (Å²) in [5.74, 6) is 3.41. The minimum absolute atomic E-state index is 0.396. The molecule has 4 aromatic rings. The fourth-order valence-electron chi connectivity index (χ4n) is 3.94. The summed E-state index contributed by atoms with van der Waals surface area (Å²) in [6, 6.07) is 14.4. The number of hydrogen-bond acceptors (Lipinski definition) is 7. The summed E-state index contributed by atoms with van der Waals surface area (Å²) in [4.78, 5) is 4.54. The first kappa shape index (κ1) is 19.1. The average molecular weight is 422 g/mol. The van der Waals surface area contributed by atoms with Gasteiger partial charge in [-0.2, -0.15) is 4.98 Å². The van der Waals surface area contributed by atoms with Crippen LogP contribution < -0.4 is 0 Å². The van der Waals surface area contributed by atoms with E-state index in [1.54, 1.807) is 18.0 Å². The van der Waals surface area contributed by atoms with Gasteiger partial charge in [0.15, 0.2) is 16.7 Å². The van der Waals surface area contributed by atoms with Crippen molar-refractivity contribution in [1.29, 1.82) is 0 Å². The molecule has 30 heavy (non-hydrogen) atoms. The van der Waals surface area contributed by atoms with E-state index < -0.39 is 0 Å². The second-order valence-corrected chi connectivity index (χ2v) is 8.44. The molecule has 0 bridgehead atoms. The lowest BCUT2D eigenvalue weighted by Crippen LogP contribution is -2.15. The first-order valence-electron chi connectivity index (χ1n) is 10.3. The second kappa shape index (κ2) is 8.87. The van der Waals surface area contributed by atoms with Crippen LogP contribution in [-0.4, -0.2) is 24.9 Å². The van der Waals surface area contributed by atoms with E-state index in [1.807, 2.05) is 30.3 Å². The Morgan fingerprint density at radius 1 is 1.00 bits per heavy atom. The van der Waals surface area contributed by atoms with Gasteiger partial charge in [0.1, 0.15) is 0 Å². The Balaban J connectivity index is 1.32. The van der Waals surface area contributed by atoms with Gasteiger partial charge in [-0.25, -0.2) is 0 Å². The lowest BCUT2D eigenvalue weighted by atomic mass is 9.95. The first-order valence-corrected chi connectivity index (χ1v) is 11.3. The molecule has 0 aliphatic heterocycles. The Labute approximate surface area is 178 Å². The molecule has 0 N–H and O–H groups in total. The summed E-state index contributed by atoms with van der Waals surface area (Å²) in [7, 11) is 0. The average Bonchev–Trinajstić information content (AvgIpc) is 3.54. The van der Waals surface area contributed by atoms with Crippen molar-refractivity contribution in [2.24, 2.45) is 0 Å². The van der Waals surface area contributed by atoms with Gasteiger partial charge in [-0.15, -0.1) is 10.2 Å². The molecule has 5 rings (SSSR count). The summed E-state index contributed by atoms with van der Waals surface area (Å²) in [6.07, 6.45) is 8.38. The minimum Gasteiger partial charge on any atom is -0.461 e. The van der Waals surface area contributed by atoms with Crippen molar-refractivity contribution in [2.75, 3.05) is 0 Å². The molecule has 3 aromatic heterocycles. The van der Waals surface area contributed by atoms with Crippen LogP contribution in [0.1, 0.15) is 55.4 Å². The topological polar surface area (TPSA) is 82.8 Å². The largest absolute Gasteiger partial charge is 0.461 e. The maximum atomic E-state index is 5.61. The molecule has 1 aliphatic carbocycles. The molecule has 1 aliphatic rings. The standard InChI is InChI=1S/C22H23N5O2S/c1-3-8-16(9-4-1)14-19-23-20(29-26-19)15-30-22-25-24-21(18-12-7-13-28-18)27(22)17-10-5-2-6-11-17/h1,3-4,7-9,12-13,17H,2,5-6,10-11,14-15H2. The first-order chi connectivity index (χ1) is 14.9. The number of thioether (sulfide) groups is 1. The van der Waals surface area contributed by atoms with Crippen molar-refractivity contribution in [2.45, 2.75) is 55.5 Å². The Kier molecular flexibility index (Phi) is 5.65. The summed E-state index contributed by atoms with van der Waals surface area (Å²) in [6.45, 7) is 0. The summed E-state index contributed by atoms with van der Waals surface area (Å²) in [5.41, 5.74) is 1.16. The fourth-order valence-corrected chi connectivity index (χ4v) is 4.79. The van der Waals surface area contributed by atoms with Gasteiger partial charge in [0.25, 0.3) is 0 Å². The zero-order valence-corrected chi connectivity index (χ0v) is 17.4. The van der Waals surface area contributed by atoms with E-state index in [9.17, 15) is 0 Å². The molecule has 3 heterocycles. The third kappa shape index (κ3) is 4.18. The maximum Gasteiger partial charge on any atom is 0.237 e. The van der Waals surface area contributed by atoms with Crippen molar-refractivity contribution in [3.8, 4) is 11.6 Å². The molecule has 0 amide bonds. The number of nitrogens with zero attached hydrogens (tertiary/aromatic N) is 5. The minimum atomic E-state index is 0.396. The number of benzene rings is 1. The van der Waals surface area contributed by atoms with Crippen LogP contribution in [0.2, 0.25) is 0 Å². The zero-order valence-electron chi connectivity index (χ0n) is 16.6. The monoisotopic (exact) mass is 421 g/mol. The predicted molar refractivity (Wildman–Crippen MR) is 113 cm³/mol. The number of aromatic nitrogens is 5. The second-order valence-electron chi connectivity index (χ2n) is 7.50. The Morgan fingerprint density at radius 3 is 2.67 bits per heavy atom. The van der Waals surface area contributed by atoms with Gasteiger partial charge in [0, 0.05) is 12.5 Å². The molecule has 1 fully saturated rings. The van der Waals surface area contributed by atoms with E-state index in [2.05, 4.69) is 37.0 Å². The van der Waals surface area contributed by atoms with E-state index in [0.717, 1.165) is 35.1 Å². The SMILES string of the molecule is c1ccc(Cc2noc(CSc3nnc(-c4ccco4)n3C3CCCCC3)n2)cc1. The molecule has 0 unspecified atom stereocenters. The van der Waals surface area contributed by atoms with Crippen molar-refractivity contribution in [3.05, 3.63) is 66.0 Å². The third-order valence-corrected chi connectivity index (χ3v) is 6.31. The van der Waals surface area contributed by atoms with Crippen LogP contribution in [0.4, 0.5) is 0 Å². The number of furan rings is 1. The van der Waals surface area contributed by atoms with Crippen LogP contribution in [0.5, 0.6) is 0 Å². The van der Waals surface area contributed by atoms with E-state index >= 15 is 0 Å². The highest BCUT2D eigenvalue weighted by Crippen LogP contribution is 2.36. The molecule has 0 saturated heterocycles. The van der Waals surface area contributed by atoms with Crippen molar-refractivity contribution >= 4 is 11.8 Å². The van der Waals surface area contributed by atoms with Crippen molar-refractivity contribution in [1.82, 2.24) is 24.9 Å². The van der Waals surface area contributed by atoms with Gasteiger partial charge in [-0.1, -0.05) is 66.5 Å². The molecule has 0 atom stereocenters. The quantitative estimate of drug-likeness (QED) is 0.374. The fraction of sp³-hybridized carbons (Fsp3) is 0.364. The maximum absolute atomic E-state index is 5.61. The molecule has 154 valence electrons. The van der Waals surface area contributed by atoms with Gasteiger partial charge < -0.3 is 8.94 Å². The van der Waals surface area contributed by atoms with Gasteiger partial charge in [-0.3, -0.25) is 4.57 Å². The van der Waals surface area contributed by atoms with Crippen LogP contribution >= 0.6 is 11.8 Å². The van der Waals surface area contributed by atoms with Gasteiger partial charge in [-0.05, 0) is 30.5 Å². The van der Waals surface area contributed by atoms with E-state index in [-0.39, 0.29) is 0 Å². The number of rotatable bonds is 7. The Hall–Kier alpha value is -2.87. The summed E-state index contributed by atoms with van der Waals surface area (Å²) < 4.78 is 13.3. The predicted octanol–water partition coefficient (Wildman–Crippen LogP) is 5.31. The van der Waals surface area contributed by atoms with Crippen LogP contribution in [0.25, 0.3) is 11.6 Å². The highest BCUT2D eigenvalue weighted by molar-refractivity contribution is 7.98. The highest BCUT2D eigenvalue weighted by Gasteiger charge is 2.25. The van der Waals surface area contributed by atoms with Crippen molar-refractivity contribution in [3.63, 3.8) is 0 Å². The molecular formula is C22H23N5O2S. The van der Waals surface area contributed by atoms with E-state index in [4.69, 9.17) is 8.94 Å². The van der Waals surface area contributed by atoms with Crippen LogP contribution in [0.3, 0.4) is 0 Å². The normalized spacial score (nSPS) is 14.9. The lowest BCUT2D eigenvalue weighted by molar-refractivity contribution is 0.337. The molecule has 1 aromatic carbocycles. The van der Waals surface area contributed by atoms with Crippen molar-refractivity contribution < 1.29 is 8.94 Å².